The van der Waals surface area contributed by atoms with Gasteiger partial charge in [-0.05, 0) is 17.7 Å². The number of carbonyl (C=O) groups excluding carboxylic acids is 1. The van der Waals surface area contributed by atoms with Crippen LogP contribution in [0.4, 0.5) is 11.5 Å². The van der Waals surface area contributed by atoms with Crippen LogP contribution in [-0.2, 0) is 4.79 Å². The zero-order chi connectivity index (χ0) is 18.2. The molecule has 2 aromatic rings. The van der Waals surface area contributed by atoms with Crippen LogP contribution in [0.15, 0.2) is 54.7 Å². The summed E-state index contributed by atoms with van der Waals surface area (Å²) in [4.78, 5) is 20.7. The number of piperazine rings is 1. The Morgan fingerprint density at radius 3 is 2.54 bits per heavy atom. The maximum Gasteiger partial charge on any atom is 0.224 e. The molecule has 1 aromatic carbocycles. The summed E-state index contributed by atoms with van der Waals surface area (Å²) in [6.07, 6.45) is 6.62. The molecule has 0 saturated carbocycles. The molecule has 1 aromatic heterocycles. The van der Waals surface area contributed by atoms with Crippen molar-refractivity contribution in [3.05, 3.63) is 60.3 Å². The van der Waals surface area contributed by atoms with Gasteiger partial charge in [0, 0.05) is 39.1 Å². The van der Waals surface area contributed by atoms with Gasteiger partial charge in [-0.3, -0.25) is 9.69 Å². The van der Waals surface area contributed by atoms with E-state index in [-0.39, 0.29) is 5.91 Å². The first-order valence-corrected chi connectivity index (χ1v) is 9.19. The van der Waals surface area contributed by atoms with Gasteiger partial charge in [-0.2, -0.15) is 0 Å². The Morgan fingerprint density at radius 2 is 1.88 bits per heavy atom. The van der Waals surface area contributed by atoms with Gasteiger partial charge in [-0.15, -0.1) is 0 Å². The Kier molecular flexibility index (Phi) is 6.39. The number of hydrogen-bond acceptors (Lipinski definition) is 4. The van der Waals surface area contributed by atoms with Crippen LogP contribution < -0.4 is 10.2 Å². The van der Waals surface area contributed by atoms with E-state index >= 15 is 0 Å². The summed E-state index contributed by atoms with van der Waals surface area (Å²) in [7, 11) is 0. The normalized spacial score (nSPS) is 15.3. The highest BCUT2D eigenvalue weighted by Crippen LogP contribution is 2.16. The van der Waals surface area contributed by atoms with E-state index < -0.39 is 0 Å². The van der Waals surface area contributed by atoms with Gasteiger partial charge in [0.25, 0.3) is 0 Å². The zero-order valence-corrected chi connectivity index (χ0v) is 15.3. The van der Waals surface area contributed by atoms with Crippen molar-refractivity contribution >= 4 is 23.5 Å². The monoisotopic (exact) mass is 350 g/mol. The maximum absolute atomic E-state index is 11.4. The van der Waals surface area contributed by atoms with Crippen molar-refractivity contribution in [1.82, 2.24) is 9.88 Å². The molecule has 2 heterocycles. The molecule has 136 valence electrons. The minimum absolute atomic E-state index is 0.0109. The molecule has 1 aliphatic heterocycles. The number of benzene rings is 1. The van der Waals surface area contributed by atoms with Gasteiger partial charge >= 0.3 is 0 Å². The van der Waals surface area contributed by atoms with E-state index in [1.165, 1.54) is 5.56 Å². The third-order valence-corrected chi connectivity index (χ3v) is 4.52. The highest BCUT2D eigenvalue weighted by molar-refractivity contribution is 5.90. The first-order chi connectivity index (χ1) is 12.7. The van der Waals surface area contributed by atoms with Gasteiger partial charge in [0.15, 0.2) is 0 Å². The molecule has 0 bridgehead atoms. The molecule has 0 spiro atoms. The van der Waals surface area contributed by atoms with Crippen LogP contribution >= 0.6 is 0 Å². The number of rotatable bonds is 6. The summed E-state index contributed by atoms with van der Waals surface area (Å²) in [5, 5.41) is 2.83. The van der Waals surface area contributed by atoms with Gasteiger partial charge in [0.1, 0.15) is 5.82 Å². The summed E-state index contributed by atoms with van der Waals surface area (Å²) in [6.45, 7) is 6.79. The molecule has 1 N–H and O–H groups in total. The molecule has 1 amide bonds. The summed E-state index contributed by atoms with van der Waals surface area (Å²) in [6, 6.07) is 14.3. The molecule has 1 fully saturated rings. The van der Waals surface area contributed by atoms with E-state index in [9.17, 15) is 4.79 Å². The Morgan fingerprint density at radius 1 is 1.12 bits per heavy atom. The smallest absolute Gasteiger partial charge is 0.224 e. The van der Waals surface area contributed by atoms with Gasteiger partial charge < -0.3 is 10.2 Å². The summed E-state index contributed by atoms with van der Waals surface area (Å²) in [5.41, 5.74) is 2.00. The van der Waals surface area contributed by atoms with E-state index in [1.807, 2.05) is 25.1 Å². The number of carbonyl (C=O) groups is 1. The largest absolute Gasteiger partial charge is 0.354 e. The first-order valence-electron chi connectivity index (χ1n) is 9.19. The average molecular weight is 350 g/mol. The molecule has 1 saturated heterocycles. The molecule has 26 heavy (non-hydrogen) atoms. The molecule has 0 unspecified atom stereocenters. The van der Waals surface area contributed by atoms with E-state index in [4.69, 9.17) is 0 Å². The van der Waals surface area contributed by atoms with E-state index in [0.717, 1.165) is 44.2 Å². The maximum atomic E-state index is 11.4. The van der Waals surface area contributed by atoms with Crippen molar-refractivity contribution < 1.29 is 4.79 Å². The van der Waals surface area contributed by atoms with E-state index in [0.29, 0.717) is 6.42 Å². The van der Waals surface area contributed by atoms with Crippen LogP contribution in [0.25, 0.3) is 6.08 Å². The second-order valence-electron chi connectivity index (χ2n) is 6.41. The molecular formula is C21H26N4O. The highest BCUT2D eigenvalue weighted by Gasteiger charge is 2.17. The van der Waals surface area contributed by atoms with Crippen LogP contribution in [0.1, 0.15) is 18.9 Å². The lowest BCUT2D eigenvalue weighted by Crippen LogP contribution is -2.46. The van der Waals surface area contributed by atoms with Crippen molar-refractivity contribution in [2.75, 3.05) is 42.9 Å². The summed E-state index contributed by atoms with van der Waals surface area (Å²) >= 11 is 0. The SMILES string of the molecule is CCC(=O)Nc1ccc(N2CCN(C/C=C/c3ccccc3)CC2)nc1. The minimum Gasteiger partial charge on any atom is -0.354 e. The number of amides is 1. The number of aromatic nitrogens is 1. The fourth-order valence-corrected chi connectivity index (χ4v) is 2.96. The predicted octanol–water partition coefficient (Wildman–Crippen LogP) is 3.27. The van der Waals surface area contributed by atoms with Crippen LogP contribution in [0.5, 0.6) is 0 Å². The van der Waals surface area contributed by atoms with Crippen LogP contribution in [-0.4, -0.2) is 48.5 Å². The Bertz CT molecular complexity index is 719. The zero-order valence-electron chi connectivity index (χ0n) is 15.3. The Labute approximate surface area is 155 Å². The van der Waals surface area contributed by atoms with Gasteiger partial charge in [0.05, 0.1) is 11.9 Å². The van der Waals surface area contributed by atoms with Crippen molar-refractivity contribution in [2.45, 2.75) is 13.3 Å². The molecular weight excluding hydrogens is 324 g/mol. The topological polar surface area (TPSA) is 48.5 Å². The first kappa shape index (κ1) is 18.1. The molecule has 0 aliphatic carbocycles. The van der Waals surface area contributed by atoms with Crippen molar-refractivity contribution in [3.8, 4) is 0 Å². The third-order valence-electron chi connectivity index (χ3n) is 4.52. The van der Waals surface area contributed by atoms with Crippen molar-refractivity contribution in [2.24, 2.45) is 0 Å². The molecule has 3 rings (SSSR count). The quantitative estimate of drug-likeness (QED) is 0.869. The second-order valence-corrected chi connectivity index (χ2v) is 6.41. The molecule has 5 nitrogen and oxygen atoms in total. The lowest BCUT2D eigenvalue weighted by molar-refractivity contribution is -0.115. The van der Waals surface area contributed by atoms with Crippen molar-refractivity contribution in [3.63, 3.8) is 0 Å². The average Bonchev–Trinajstić information content (AvgIpc) is 2.70. The Hall–Kier alpha value is -2.66. The fourth-order valence-electron chi connectivity index (χ4n) is 2.96. The number of hydrogen-bond donors (Lipinski definition) is 1. The number of nitrogens with zero attached hydrogens (tertiary/aromatic N) is 3. The lowest BCUT2D eigenvalue weighted by Gasteiger charge is -2.34. The van der Waals surface area contributed by atoms with Crippen LogP contribution in [0.2, 0.25) is 0 Å². The van der Waals surface area contributed by atoms with Crippen LogP contribution in [0, 0.1) is 0 Å². The lowest BCUT2D eigenvalue weighted by atomic mass is 10.2. The molecule has 5 heteroatoms. The number of anilines is 2. The molecule has 0 atom stereocenters. The highest BCUT2D eigenvalue weighted by atomic mass is 16.1. The molecule has 1 aliphatic rings. The number of pyridine rings is 1. The van der Waals surface area contributed by atoms with Crippen molar-refractivity contribution in [1.29, 1.82) is 0 Å². The van der Waals surface area contributed by atoms with Gasteiger partial charge in [0.2, 0.25) is 5.91 Å². The minimum atomic E-state index is 0.0109. The van der Waals surface area contributed by atoms with Gasteiger partial charge in [-0.25, -0.2) is 4.98 Å². The van der Waals surface area contributed by atoms with Crippen LogP contribution in [0.3, 0.4) is 0 Å². The fraction of sp³-hybridized carbons (Fsp3) is 0.333. The summed E-state index contributed by atoms with van der Waals surface area (Å²) in [5.74, 6) is 0.982. The summed E-state index contributed by atoms with van der Waals surface area (Å²) < 4.78 is 0. The predicted molar refractivity (Wildman–Crippen MR) is 107 cm³/mol. The van der Waals surface area contributed by atoms with E-state index in [1.54, 1.807) is 6.20 Å². The van der Waals surface area contributed by atoms with E-state index in [2.05, 4.69) is 56.5 Å². The van der Waals surface area contributed by atoms with Gasteiger partial charge in [-0.1, -0.05) is 49.4 Å². The third kappa shape index (κ3) is 5.17. The standard InChI is InChI=1S/C21H26N4O/c1-2-21(26)23-19-10-11-20(22-17-19)25-15-13-24(14-16-25)12-6-9-18-7-4-3-5-8-18/h3-11,17H,2,12-16H2,1H3,(H,23,26)/b9-6+. The Balaban J connectivity index is 1.46. The molecule has 0 radical (unpaired) electrons. The second kappa shape index (κ2) is 9.15. The number of nitrogens with one attached hydrogen (secondary N) is 1.